The highest BCUT2D eigenvalue weighted by Crippen LogP contribution is 2.31. The van der Waals surface area contributed by atoms with E-state index in [1.807, 2.05) is 23.1 Å². The van der Waals surface area contributed by atoms with Gasteiger partial charge in [-0.1, -0.05) is 29.8 Å². The summed E-state index contributed by atoms with van der Waals surface area (Å²) in [5, 5.41) is 9.64. The number of aromatic nitrogens is 2. The van der Waals surface area contributed by atoms with Crippen LogP contribution in [0.25, 0.3) is 0 Å². The van der Waals surface area contributed by atoms with Gasteiger partial charge in [-0.05, 0) is 48.7 Å². The van der Waals surface area contributed by atoms with E-state index in [4.69, 9.17) is 16.9 Å². The van der Waals surface area contributed by atoms with Crippen LogP contribution in [0.4, 0.5) is 5.69 Å². The van der Waals surface area contributed by atoms with Crippen LogP contribution in [-0.2, 0) is 21.1 Å². The Morgan fingerprint density at radius 1 is 1.26 bits per heavy atom. The number of nitriles is 1. The molecule has 1 N–H and O–H groups in total. The second kappa shape index (κ2) is 10.6. The lowest BCUT2D eigenvalue weighted by molar-refractivity contribution is -0.123. The van der Waals surface area contributed by atoms with Crippen molar-refractivity contribution in [2.45, 2.75) is 24.9 Å². The zero-order valence-corrected chi connectivity index (χ0v) is 20.8. The second-order valence-electron chi connectivity index (χ2n) is 8.73. The minimum absolute atomic E-state index is 0.00742. The third kappa shape index (κ3) is 6.28. The molecule has 4 rings (SSSR count). The molecule has 10 heteroatoms. The van der Waals surface area contributed by atoms with Gasteiger partial charge in [-0.3, -0.25) is 9.69 Å². The van der Waals surface area contributed by atoms with E-state index in [2.05, 4.69) is 16.0 Å². The Labute approximate surface area is 210 Å². The lowest BCUT2D eigenvalue weighted by Crippen LogP contribution is -2.58. The van der Waals surface area contributed by atoms with Crippen molar-refractivity contribution in [2.75, 3.05) is 30.0 Å². The number of carbonyl (C=O) groups excluding carboxylic acids is 1. The zero-order valence-electron chi connectivity index (χ0n) is 19.3. The molecule has 1 fully saturated rings. The number of rotatable bonds is 8. The van der Waals surface area contributed by atoms with Gasteiger partial charge in [-0.25, -0.2) is 13.4 Å². The van der Waals surface area contributed by atoms with Crippen LogP contribution in [0, 0.1) is 11.3 Å². The number of imidazole rings is 1. The number of H-pyrrole nitrogens is 1. The molecule has 1 aromatic heterocycles. The van der Waals surface area contributed by atoms with Crippen LogP contribution >= 0.6 is 11.6 Å². The summed E-state index contributed by atoms with van der Waals surface area (Å²) < 4.78 is 24.1. The number of nitrogens with zero attached hydrogens (tertiary/aromatic N) is 4. The average molecular weight is 512 g/mol. The second-order valence-corrected chi connectivity index (χ2v) is 11.4. The largest absolute Gasteiger partial charge is 0.347 e. The molecule has 1 aliphatic rings. The van der Waals surface area contributed by atoms with E-state index in [0.29, 0.717) is 41.5 Å². The number of piperazine rings is 1. The molecule has 0 spiro atoms. The van der Waals surface area contributed by atoms with Crippen molar-refractivity contribution in [3.8, 4) is 6.07 Å². The first-order chi connectivity index (χ1) is 16.7. The van der Waals surface area contributed by atoms with Crippen molar-refractivity contribution >= 4 is 33.0 Å². The first-order valence-electron chi connectivity index (χ1n) is 11.2. The molecule has 2 atom stereocenters. The summed E-state index contributed by atoms with van der Waals surface area (Å²) in [6, 6.07) is 16.0. The first kappa shape index (κ1) is 24.9. The summed E-state index contributed by atoms with van der Waals surface area (Å²) in [5.41, 5.74) is 2.24. The van der Waals surface area contributed by atoms with Crippen molar-refractivity contribution in [2.24, 2.45) is 0 Å². The van der Waals surface area contributed by atoms with Gasteiger partial charge in [-0.15, -0.1) is 0 Å². The molecule has 35 heavy (non-hydrogen) atoms. The molecule has 1 unspecified atom stereocenters. The van der Waals surface area contributed by atoms with Crippen LogP contribution in [-0.4, -0.2) is 60.3 Å². The molecule has 0 saturated carbocycles. The van der Waals surface area contributed by atoms with Gasteiger partial charge in [-0.2, -0.15) is 5.26 Å². The molecule has 1 saturated heterocycles. The smallest absolute Gasteiger partial charge is 0.241 e. The predicted molar refractivity (Wildman–Crippen MR) is 135 cm³/mol. The predicted octanol–water partition coefficient (Wildman–Crippen LogP) is 3.37. The van der Waals surface area contributed by atoms with Gasteiger partial charge in [0.05, 0.1) is 30.0 Å². The Hall–Kier alpha value is -3.19. The molecule has 1 amide bonds. The number of anilines is 1. The van der Waals surface area contributed by atoms with Gasteiger partial charge in [0, 0.05) is 41.9 Å². The van der Waals surface area contributed by atoms with Crippen molar-refractivity contribution in [1.82, 2.24) is 14.9 Å². The van der Waals surface area contributed by atoms with E-state index in [1.165, 1.54) is 6.26 Å². The number of benzene rings is 2. The minimum atomic E-state index is -3.20. The summed E-state index contributed by atoms with van der Waals surface area (Å²) >= 11 is 6.17. The molecule has 3 aromatic rings. The molecule has 0 radical (unpaired) electrons. The lowest BCUT2D eigenvalue weighted by atomic mass is 9.98. The molecule has 2 heterocycles. The third-order valence-corrected chi connectivity index (χ3v) is 7.38. The van der Waals surface area contributed by atoms with E-state index in [-0.39, 0.29) is 30.3 Å². The Balaban J connectivity index is 1.67. The van der Waals surface area contributed by atoms with E-state index in [9.17, 15) is 13.2 Å². The molecule has 0 aliphatic carbocycles. The van der Waals surface area contributed by atoms with E-state index in [0.717, 1.165) is 5.56 Å². The highest BCUT2D eigenvalue weighted by Gasteiger charge is 2.38. The summed E-state index contributed by atoms with van der Waals surface area (Å²) in [6.07, 6.45) is 5.53. The van der Waals surface area contributed by atoms with Crippen molar-refractivity contribution in [1.29, 1.82) is 5.26 Å². The maximum absolute atomic E-state index is 13.3. The van der Waals surface area contributed by atoms with Gasteiger partial charge >= 0.3 is 0 Å². The molecule has 1 aliphatic heterocycles. The Morgan fingerprint density at radius 3 is 2.66 bits per heavy atom. The van der Waals surface area contributed by atoms with Crippen LogP contribution in [0.15, 0.2) is 60.9 Å². The normalized spacial score (nSPS) is 17.8. The summed E-state index contributed by atoms with van der Waals surface area (Å²) in [6.45, 7) is 0.432. The van der Waals surface area contributed by atoms with Crippen LogP contribution < -0.4 is 4.90 Å². The fourth-order valence-electron chi connectivity index (χ4n) is 4.42. The zero-order chi connectivity index (χ0) is 25.0. The number of halogens is 1. The quantitative estimate of drug-likeness (QED) is 0.496. The summed E-state index contributed by atoms with van der Waals surface area (Å²) in [5.74, 6) is 0.606. The molecular weight excluding hydrogens is 486 g/mol. The summed E-state index contributed by atoms with van der Waals surface area (Å²) in [4.78, 5) is 24.7. The third-order valence-electron chi connectivity index (χ3n) is 6.17. The number of hydrogen-bond acceptors (Lipinski definition) is 6. The number of aromatic amines is 1. The van der Waals surface area contributed by atoms with E-state index < -0.39 is 9.84 Å². The first-order valence-corrected chi connectivity index (χ1v) is 13.6. The van der Waals surface area contributed by atoms with Crippen LogP contribution in [0.3, 0.4) is 0 Å². The maximum atomic E-state index is 13.3. The number of amides is 1. The number of sulfone groups is 1. The van der Waals surface area contributed by atoms with Gasteiger partial charge in [0.15, 0.2) is 0 Å². The van der Waals surface area contributed by atoms with Gasteiger partial charge in [0.1, 0.15) is 15.7 Å². The molecule has 182 valence electrons. The number of carbonyl (C=O) groups is 1. The van der Waals surface area contributed by atoms with Gasteiger partial charge in [0.2, 0.25) is 5.91 Å². The van der Waals surface area contributed by atoms with Crippen LogP contribution in [0.2, 0.25) is 5.02 Å². The molecule has 2 aromatic carbocycles. The maximum Gasteiger partial charge on any atom is 0.241 e. The topological polar surface area (TPSA) is 110 Å². The monoisotopic (exact) mass is 511 g/mol. The lowest BCUT2D eigenvalue weighted by Gasteiger charge is -2.44. The summed E-state index contributed by atoms with van der Waals surface area (Å²) in [7, 11) is -3.20. The Morgan fingerprint density at radius 2 is 2.03 bits per heavy atom. The van der Waals surface area contributed by atoms with Gasteiger partial charge in [0.25, 0.3) is 0 Å². The van der Waals surface area contributed by atoms with Crippen LogP contribution in [0.1, 0.15) is 29.4 Å². The molecular formula is C25H26ClN5O3S. The van der Waals surface area contributed by atoms with Crippen LogP contribution in [0.5, 0.6) is 0 Å². The highest BCUT2D eigenvalue weighted by atomic mass is 35.5. The minimum Gasteiger partial charge on any atom is -0.347 e. The van der Waals surface area contributed by atoms with Crippen molar-refractivity contribution in [3.05, 3.63) is 82.9 Å². The fourth-order valence-corrected chi connectivity index (χ4v) is 5.31. The fraction of sp³-hybridized carbons (Fsp3) is 0.320. The Kier molecular flexibility index (Phi) is 7.55. The van der Waals surface area contributed by atoms with Gasteiger partial charge < -0.3 is 9.88 Å². The van der Waals surface area contributed by atoms with E-state index >= 15 is 0 Å². The molecule has 8 nitrogen and oxygen atoms in total. The molecule has 0 bridgehead atoms. The standard InChI is InChI=1S/C25H26ClN5O3S/c1-35(33,34)12-9-22-16-31(21-4-2-3-20(26)14-21)24(32)17-30(22)23(25-28-10-11-29-25)13-18-5-7-19(15-27)8-6-18/h2-8,10-11,14,22-23H,9,12-13,16-17H2,1H3,(H,28,29)/t22?,23-/m0/s1. The van der Waals surface area contributed by atoms with E-state index in [1.54, 1.807) is 47.6 Å². The Bertz CT molecular complexity index is 1320. The highest BCUT2D eigenvalue weighted by molar-refractivity contribution is 7.90. The number of hydrogen-bond donors (Lipinski definition) is 1. The average Bonchev–Trinajstić information content (AvgIpc) is 3.36. The number of nitrogens with one attached hydrogen (secondary N) is 1. The SMILES string of the molecule is CS(=O)(=O)CCC1CN(c2cccc(Cl)c2)C(=O)CN1[C@@H](Cc1ccc(C#N)cc1)c1ncc[nH]1. The van der Waals surface area contributed by atoms with Crippen molar-refractivity contribution in [3.63, 3.8) is 0 Å². The van der Waals surface area contributed by atoms with Crippen molar-refractivity contribution < 1.29 is 13.2 Å².